The van der Waals surface area contributed by atoms with Gasteiger partial charge in [0.1, 0.15) is 44.7 Å². The molecular weight excluding hydrogens is 1330 g/mol. The molecule has 2 aromatic carbocycles. The van der Waals surface area contributed by atoms with Crippen LogP contribution in [-0.4, -0.2) is 197 Å². The molecule has 6 rings (SSSR count). The number of nitrogens with zero attached hydrogens (tertiary/aromatic N) is 6. The number of hydrogen-bond donors (Lipinski definition) is 0. The predicted octanol–water partition coefficient (Wildman–Crippen LogP) is 10.4. The molecule has 5 atom stereocenters. The van der Waals surface area contributed by atoms with Gasteiger partial charge in [-0.2, -0.15) is 4.57 Å². The number of carbonyl (C=O) groups excluding carboxylic acids is 6. The number of carbonyl (C=O) groups is 6. The first-order valence-electron chi connectivity index (χ1n) is 32.3. The van der Waals surface area contributed by atoms with Gasteiger partial charge in [-0.1, -0.05) is 49.1 Å². The average molecular weight is 1420 g/mol. The molecule has 98 heavy (non-hydrogen) atoms. The van der Waals surface area contributed by atoms with E-state index in [1.165, 1.54) is 18.4 Å². The van der Waals surface area contributed by atoms with E-state index in [1.807, 2.05) is 74.1 Å². The minimum absolute atomic E-state index is 0.211. The van der Waals surface area contributed by atoms with Crippen molar-refractivity contribution in [1.29, 1.82) is 0 Å². The van der Waals surface area contributed by atoms with Crippen LogP contribution in [0.2, 0.25) is 0 Å². The first-order valence-corrected chi connectivity index (χ1v) is 34.4. The van der Waals surface area contributed by atoms with Crippen LogP contribution in [0.1, 0.15) is 128 Å². The Bertz CT molecular complexity index is 3120. The zero-order valence-electron chi connectivity index (χ0n) is 56.8. The number of para-hydroxylation sites is 2. The standard InChI is InChI=1S/C65H93N6O20.F6P/c1-47(72)86-46-58-59(87-48(2)73)60(88-49(3)74)61(89-50(4)75)63(90-58)69-29-24-52(25-30-69)62(76)68(8)26-16-11-12-18-28-71-45-53(66-67-71)19-13-9-10-17-27-70(64(77)91-65(5,6)7)44-51-22-23-56-57(43-51)85-42-38-81-34-33-79-36-40-83-55-21-15-14-20-54(55)82-39-35-78-31-32-80-37-41-84-56;1-7(2,3,4,5)6/h14-15,20-25,29-30,43,45,58-61,63H,9-13,16-19,26-28,31-42,44,46H2,1-8H3;/q+1;-1/t58-,59-,60+,61+,63+;/m1./s1. The Morgan fingerprint density at radius 1 is 0.592 bits per heavy atom. The van der Waals surface area contributed by atoms with Crippen LogP contribution in [0.4, 0.5) is 30.0 Å². The van der Waals surface area contributed by atoms with Crippen LogP contribution in [0.3, 0.4) is 0 Å². The predicted molar refractivity (Wildman–Crippen MR) is 340 cm³/mol. The molecule has 0 unspecified atom stereocenters. The van der Waals surface area contributed by atoms with Gasteiger partial charge in [-0.15, -0.1) is 5.10 Å². The zero-order valence-corrected chi connectivity index (χ0v) is 57.7. The van der Waals surface area contributed by atoms with Crippen LogP contribution in [0, 0.1) is 0 Å². The van der Waals surface area contributed by atoms with E-state index in [4.69, 9.17) is 66.3 Å². The van der Waals surface area contributed by atoms with Crippen molar-refractivity contribution in [3.05, 3.63) is 90.0 Å². The number of unbranched alkanes of at least 4 members (excludes halogenated alkanes) is 6. The Hall–Kier alpha value is -7.64. The summed E-state index contributed by atoms with van der Waals surface area (Å²) in [6.45, 7) is 16.2. The Kier molecular flexibility index (Phi) is 32.4. The Morgan fingerprint density at radius 2 is 1.07 bits per heavy atom. The SMILES string of the molecule is CC(=O)OC[C@H]1O[C@H]([n+]2ccc(C(=O)N(C)CCCCCCn3cc(CCCCCCN(Cc4ccc5c(c4)OCCOCCOCCOc4ccccc4OCCOCCOCCO5)C(=O)OC(C)(C)C)nn3)cc2)[C@@H](OC(C)=O)[C@@H](OC(C)=O)[C@@H]1OC(C)=O.F[P-](F)(F)(F)(F)F. The fourth-order valence-corrected chi connectivity index (χ4v) is 9.86. The fourth-order valence-electron chi connectivity index (χ4n) is 9.86. The molecule has 4 heterocycles. The summed E-state index contributed by atoms with van der Waals surface area (Å²) in [6, 6.07) is 16.3. The van der Waals surface area contributed by atoms with E-state index in [-0.39, 0.29) is 25.7 Å². The van der Waals surface area contributed by atoms with Crippen molar-refractivity contribution >= 4 is 43.7 Å². The molecule has 2 amide bonds. The van der Waals surface area contributed by atoms with Gasteiger partial charge in [0, 0.05) is 79.3 Å². The fraction of sp³-hybridized carbons (Fsp3) is 0.615. The molecule has 0 bridgehead atoms. The summed E-state index contributed by atoms with van der Waals surface area (Å²) in [6.07, 6.45) is 6.34. The molecule has 33 heteroatoms. The summed E-state index contributed by atoms with van der Waals surface area (Å²) < 4.78 is 144. The van der Waals surface area contributed by atoms with Gasteiger partial charge >= 0.3 is 69.2 Å². The van der Waals surface area contributed by atoms with E-state index in [1.54, 1.807) is 41.4 Å². The molecule has 550 valence electrons. The van der Waals surface area contributed by atoms with E-state index in [9.17, 15) is 53.9 Å². The summed E-state index contributed by atoms with van der Waals surface area (Å²) >= 11 is 0. The molecular formula is C65H93F6N6O20P. The van der Waals surface area contributed by atoms with Gasteiger partial charge in [0.05, 0.1) is 64.1 Å². The van der Waals surface area contributed by atoms with Crippen LogP contribution in [0.5, 0.6) is 23.0 Å². The Balaban J connectivity index is 0.00000234. The number of benzene rings is 2. The third-order valence-electron chi connectivity index (χ3n) is 14.1. The van der Waals surface area contributed by atoms with Crippen molar-refractivity contribution in [1.82, 2.24) is 24.8 Å². The molecule has 0 spiro atoms. The van der Waals surface area contributed by atoms with Gasteiger partial charge in [-0.05, 0) is 82.7 Å². The number of amides is 2. The molecule has 0 N–H and O–H groups in total. The summed E-state index contributed by atoms with van der Waals surface area (Å²) in [4.78, 5) is 79.0. The number of aryl methyl sites for hydroxylation is 2. The van der Waals surface area contributed by atoms with E-state index < -0.39 is 74.0 Å². The molecule has 2 aliphatic rings. The Labute approximate surface area is 566 Å². The van der Waals surface area contributed by atoms with Crippen LogP contribution >= 0.6 is 7.81 Å². The number of halogens is 6. The summed E-state index contributed by atoms with van der Waals surface area (Å²) in [7, 11) is -8.92. The summed E-state index contributed by atoms with van der Waals surface area (Å²) in [5.74, 6) is -0.686. The van der Waals surface area contributed by atoms with Gasteiger partial charge < -0.3 is 76.1 Å². The van der Waals surface area contributed by atoms with Crippen molar-refractivity contribution in [3.8, 4) is 23.0 Å². The molecule has 0 radical (unpaired) electrons. The van der Waals surface area contributed by atoms with Crippen molar-refractivity contribution in [2.24, 2.45) is 0 Å². The van der Waals surface area contributed by atoms with Crippen LogP contribution < -0.4 is 23.5 Å². The van der Waals surface area contributed by atoms with Gasteiger partial charge in [0.25, 0.3) is 5.91 Å². The number of hydrogen-bond acceptors (Lipinski definition) is 22. The molecule has 2 aromatic heterocycles. The maximum atomic E-state index is 13.6. The quantitative estimate of drug-likeness (QED) is 0.0167. The topological polar surface area (TPSA) is 273 Å². The number of ether oxygens (including phenoxy) is 14. The average Bonchev–Trinajstić information content (AvgIpc) is 0.950. The molecule has 1 saturated heterocycles. The molecule has 26 nitrogen and oxygen atoms in total. The van der Waals surface area contributed by atoms with E-state index in [0.29, 0.717) is 114 Å². The number of pyridine rings is 1. The zero-order chi connectivity index (χ0) is 71.8. The molecule has 4 aromatic rings. The van der Waals surface area contributed by atoms with Gasteiger partial charge in [-0.25, -0.2) is 4.79 Å². The minimum atomic E-state index is -10.7. The van der Waals surface area contributed by atoms with Crippen LogP contribution in [0.25, 0.3) is 0 Å². The first-order chi connectivity index (χ1) is 46.3. The third-order valence-corrected chi connectivity index (χ3v) is 14.1. The second-order valence-corrected chi connectivity index (χ2v) is 25.7. The maximum absolute atomic E-state index is 13.6. The first kappa shape index (κ1) is 81.0. The molecule has 1 fully saturated rings. The number of rotatable bonds is 23. The van der Waals surface area contributed by atoms with E-state index in [2.05, 4.69) is 10.3 Å². The van der Waals surface area contributed by atoms with Gasteiger partial charge in [-0.3, -0.25) is 28.7 Å². The van der Waals surface area contributed by atoms with Gasteiger partial charge in [0.15, 0.2) is 47.6 Å². The van der Waals surface area contributed by atoms with Gasteiger partial charge in [0.2, 0.25) is 6.10 Å². The second kappa shape index (κ2) is 39.2. The molecule has 2 aliphatic heterocycles. The second-order valence-electron chi connectivity index (χ2n) is 23.8. The Morgan fingerprint density at radius 3 is 1.60 bits per heavy atom. The van der Waals surface area contributed by atoms with Crippen molar-refractivity contribution < 1.29 is 125 Å². The van der Waals surface area contributed by atoms with E-state index >= 15 is 0 Å². The summed E-state index contributed by atoms with van der Waals surface area (Å²) in [5, 5.41) is 8.78. The third kappa shape index (κ3) is 33.7. The summed E-state index contributed by atoms with van der Waals surface area (Å²) in [5.41, 5.74) is 1.48. The molecule has 0 saturated carbocycles. The van der Waals surface area contributed by atoms with Crippen molar-refractivity contribution in [2.45, 2.75) is 156 Å². The number of aromatic nitrogens is 4. The normalized spacial score (nSPS) is 19.2. The van der Waals surface area contributed by atoms with Crippen molar-refractivity contribution in [2.75, 3.05) is 106 Å². The van der Waals surface area contributed by atoms with E-state index in [0.717, 1.165) is 89.4 Å². The molecule has 0 aliphatic carbocycles. The van der Waals surface area contributed by atoms with Crippen molar-refractivity contribution in [3.63, 3.8) is 0 Å². The number of fused-ring (bicyclic) bond motifs is 2. The van der Waals surface area contributed by atoms with Crippen LogP contribution in [-0.2, 0) is 86.1 Å². The van der Waals surface area contributed by atoms with Crippen LogP contribution in [0.15, 0.2) is 73.2 Å². The monoisotopic (exact) mass is 1420 g/mol. The number of esters is 4.